The third kappa shape index (κ3) is 4.41. The van der Waals surface area contributed by atoms with Crippen molar-refractivity contribution in [2.45, 2.75) is 26.2 Å². The summed E-state index contributed by atoms with van der Waals surface area (Å²) < 4.78 is 1.60. The van der Waals surface area contributed by atoms with Gasteiger partial charge in [0.2, 0.25) is 5.95 Å². The van der Waals surface area contributed by atoms with Crippen molar-refractivity contribution in [2.24, 2.45) is 0 Å². The number of rotatable bonds is 6. The molecule has 5 rings (SSSR count). The van der Waals surface area contributed by atoms with Crippen LogP contribution in [0.25, 0.3) is 16.7 Å². The maximum absolute atomic E-state index is 12.9. The first-order valence-electron chi connectivity index (χ1n) is 11.7. The molecule has 0 unspecified atom stereocenters. The van der Waals surface area contributed by atoms with Gasteiger partial charge in [0.1, 0.15) is 0 Å². The number of hydrogen-bond donors (Lipinski definition) is 1. The van der Waals surface area contributed by atoms with E-state index in [0.717, 1.165) is 43.4 Å². The van der Waals surface area contributed by atoms with E-state index in [1.54, 1.807) is 41.0 Å². The molecule has 0 spiro atoms. The third-order valence-corrected chi connectivity index (χ3v) is 6.25. The van der Waals surface area contributed by atoms with E-state index in [1.807, 2.05) is 37.3 Å². The molecule has 2 aromatic carbocycles. The monoisotopic (exact) mass is 453 g/mol. The molecule has 7 nitrogen and oxygen atoms in total. The summed E-state index contributed by atoms with van der Waals surface area (Å²) in [5.41, 5.74) is 3.66. The summed E-state index contributed by atoms with van der Waals surface area (Å²) in [5, 5.41) is 3.80. The standard InChI is InChI=1S/C27H27N5O2/c1-19-23-13-14-24(33)32(25(23)30-27(29-19)31-17-5-6-18-31)22-11-9-21(10-12-22)26(34)28-16-15-20-7-3-2-4-8-20/h2-4,7-14H,5-6,15-18H2,1H3,(H,28,34). The predicted molar refractivity (Wildman–Crippen MR) is 134 cm³/mol. The number of aryl methyl sites for hydroxylation is 1. The Balaban J connectivity index is 1.40. The van der Waals surface area contributed by atoms with Gasteiger partial charge in [-0.05, 0) is 62.1 Å². The second-order valence-corrected chi connectivity index (χ2v) is 8.59. The number of hydrogen-bond acceptors (Lipinski definition) is 5. The van der Waals surface area contributed by atoms with Crippen LogP contribution in [-0.2, 0) is 6.42 Å². The smallest absolute Gasteiger partial charge is 0.256 e. The summed E-state index contributed by atoms with van der Waals surface area (Å²) in [6.45, 7) is 4.36. The average Bonchev–Trinajstić information content (AvgIpc) is 3.40. The summed E-state index contributed by atoms with van der Waals surface area (Å²) in [6, 6.07) is 20.4. The normalized spacial score (nSPS) is 13.4. The molecule has 2 aromatic heterocycles. The highest BCUT2D eigenvalue weighted by atomic mass is 16.1. The maximum atomic E-state index is 12.9. The number of pyridine rings is 1. The lowest BCUT2D eigenvalue weighted by molar-refractivity contribution is 0.0954. The number of benzene rings is 2. The Hall–Kier alpha value is -4.00. The first-order chi connectivity index (χ1) is 16.6. The zero-order valence-electron chi connectivity index (χ0n) is 19.2. The van der Waals surface area contributed by atoms with Crippen LogP contribution in [-0.4, -0.2) is 40.1 Å². The van der Waals surface area contributed by atoms with Gasteiger partial charge in [-0.2, -0.15) is 4.98 Å². The number of nitrogens with zero attached hydrogens (tertiary/aromatic N) is 4. The minimum absolute atomic E-state index is 0.137. The van der Waals surface area contributed by atoms with E-state index in [1.165, 1.54) is 5.56 Å². The van der Waals surface area contributed by atoms with E-state index >= 15 is 0 Å². The van der Waals surface area contributed by atoms with Gasteiger partial charge in [0.05, 0.1) is 11.4 Å². The van der Waals surface area contributed by atoms with Crippen LogP contribution < -0.4 is 15.8 Å². The molecule has 1 aliphatic heterocycles. The minimum atomic E-state index is -0.168. The van der Waals surface area contributed by atoms with Crippen molar-refractivity contribution in [3.05, 3.63) is 93.9 Å². The zero-order valence-corrected chi connectivity index (χ0v) is 19.2. The van der Waals surface area contributed by atoms with Crippen LogP contribution in [0.15, 0.2) is 71.5 Å². The highest BCUT2D eigenvalue weighted by Crippen LogP contribution is 2.23. The Morgan fingerprint density at radius 1 is 0.941 bits per heavy atom. The van der Waals surface area contributed by atoms with Crippen molar-refractivity contribution < 1.29 is 4.79 Å². The van der Waals surface area contributed by atoms with Gasteiger partial charge in [-0.1, -0.05) is 30.3 Å². The Morgan fingerprint density at radius 3 is 2.41 bits per heavy atom. The second-order valence-electron chi connectivity index (χ2n) is 8.59. The van der Waals surface area contributed by atoms with Gasteiger partial charge < -0.3 is 10.2 Å². The topological polar surface area (TPSA) is 80.1 Å². The molecule has 0 atom stereocenters. The van der Waals surface area contributed by atoms with Crippen molar-refractivity contribution in [3.63, 3.8) is 0 Å². The molecule has 4 aromatic rings. The summed E-state index contributed by atoms with van der Waals surface area (Å²) >= 11 is 0. The van der Waals surface area contributed by atoms with E-state index in [-0.39, 0.29) is 11.5 Å². The third-order valence-electron chi connectivity index (χ3n) is 6.25. The lowest BCUT2D eigenvalue weighted by Gasteiger charge is -2.18. The maximum Gasteiger partial charge on any atom is 0.256 e. The van der Waals surface area contributed by atoms with Gasteiger partial charge in [0, 0.05) is 36.7 Å². The van der Waals surface area contributed by atoms with Gasteiger partial charge in [0.25, 0.3) is 11.5 Å². The highest BCUT2D eigenvalue weighted by molar-refractivity contribution is 5.94. The van der Waals surface area contributed by atoms with Gasteiger partial charge >= 0.3 is 0 Å². The summed E-state index contributed by atoms with van der Waals surface area (Å²) in [6.07, 6.45) is 3.02. The number of carbonyl (C=O) groups is 1. The van der Waals surface area contributed by atoms with Crippen molar-refractivity contribution in [1.29, 1.82) is 0 Å². The van der Waals surface area contributed by atoms with Crippen LogP contribution in [0.1, 0.15) is 34.5 Å². The molecule has 1 saturated heterocycles. The van der Waals surface area contributed by atoms with Crippen molar-refractivity contribution >= 4 is 22.9 Å². The molecule has 7 heteroatoms. The molecule has 1 amide bonds. The highest BCUT2D eigenvalue weighted by Gasteiger charge is 2.18. The summed E-state index contributed by atoms with van der Waals surface area (Å²) in [5.74, 6) is 0.526. The molecule has 1 N–H and O–H groups in total. The predicted octanol–water partition coefficient (Wildman–Crippen LogP) is 3.66. The van der Waals surface area contributed by atoms with E-state index < -0.39 is 0 Å². The van der Waals surface area contributed by atoms with Gasteiger partial charge in [-0.25, -0.2) is 4.98 Å². The number of aromatic nitrogens is 3. The van der Waals surface area contributed by atoms with Gasteiger partial charge in [-0.15, -0.1) is 0 Å². The number of nitrogens with one attached hydrogen (secondary N) is 1. The fraction of sp³-hybridized carbons (Fsp3) is 0.259. The molecule has 0 aliphatic carbocycles. The Morgan fingerprint density at radius 2 is 1.68 bits per heavy atom. The quantitative estimate of drug-likeness (QED) is 0.482. The Labute approximate surface area is 198 Å². The lowest BCUT2D eigenvalue weighted by Crippen LogP contribution is -2.26. The molecule has 172 valence electrons. The molecule has 0 saturated carbocycles. The molecular formula is C27H27N5O2. The van der Waals surface area contributed by atoms with Crippen LogP contribution in [0.4, 0.5) is 5.95 Å². The van der Waals surface area contributed by atoms with E-state index in [0.29, 0.717) is 29.4 Å². The molecule has 0 bridgehead atoms. The first-order valence-corrected chi connectivity index (χ1v) is 11.7. The van der Waals surface area contributed by atoms with Crippen LogP contribution in [0.5, 0.6) is 0 Å². The van der Waals surface area contributed by atoms with E-state index in [2.05, 4.69) is 15.2 Å². The molecular weight excluding hydrogens is 426 g/mol. The summed E-state index contributed by atoms with van der Waals surface area (Å²) in [7, 11) is 0. The largest absolute Gasteiger partial charge is 0.352 e. The number of carbonyl (C=O) groups excluding carboxylic acids is 1. The van der Waals surface area contributed by atoms with Crippen LogP contribution in [0.3, 0.4) is 0 Å². The van der Waals surface area contributed by atoms with Gasteiger partial charge in [0.15, 0.2) is 5.65 Å². The zero-order chi connectivity index (χ0) is 23.5. The number of anilines is 1. The average molecular weight is 454 g/mol. The van der Waals surface area contributed by atoms with Crippen LogP contribution in [0, 0.1) is 6.92 Å². The molecule has 3 heterocycles. The van der Waals surface area contributed by atoms with Crippen LogP contribution in [0.2, 0.25) is 0 Å². The SMILES string of the molecule is Cc1nc(N2CCCC2)nc2c1ccc(=O)n2-c1ccc(C(=O)NCCc2ccccc2)cc1. The fourth-order valence-electron chi connectivity index (χ4n) is 4.39. The molecule has 0 radical (unpaired) electrons. The fourth-order valence-corrected chi connectivity index (χ4v) is 4.39. The van der Waals surface area contributed by atoms with E-state index in [4.69, 9.17) is 4.98 Å². The van der Waals surface area contributed by atoms with Crippen molar-refractivity contribution in [1.82, 2.24) is 19.9 Å². The second kappa shape index (κ2) is 9.47. The molecule has 1 aliphatic rings. The Kier molecular flexibility index (Phi) is 6.08. The van der Waals surface area contributed by atoms with Crippen molar-refractivity contribution in [2.75, 3.05) is 24.5 Å². The van der Waals surface area contributed by atoms with Gasteiger partial charge in [-0.3, -0.25) is 14.2 Å². The lowest BCUT2D eigenvalue weighted by atomic mass is 10.1. The van der Waals surface area contributed by atoms with E-state index in [9.17, 15) is 9.59 Å². The molecule has 1 fully saturated rings. The molecule has 34 heavy (non-hydrogen) atoms. The Bertz CT molecular complexity index is 1370. The van der Waals surface area contributed by atoms with Crippen molar-refractivity contribution in [3.8, 4) is 5.69 Å². The van der Waals surface area contributed by atoms with Crippen LogP contribution >= 0.6 is 0 Å². The minimum Gasteiger partial charge on any atom is -0.352 e. The summed E-state index contributed by atoms with van der Waals surface area (Å²) in [4.78, 5) is 37.1. The first kappa shape index (κ1) is 21.8. The number of amides is 1. The number of fused-ring (bicyclic) bond motifs is 1.